The molecule has 7 nitrogen and oxygen atoms in total. The fraction of sp³-hybridized carbons (Fsp3) is 0.300. The smallest absolute Gasteiger partial charge is 0.148 e. The Morgan fingerprint density at radius 3 is 2.57 bits per heavy atom. The van der Waals surface area contributed by atoms with Gasteiger partial charge in [0.15, 0.2) is 0 Å². The lowest BCUT2D eigenvalue weighted by atomic mass is 10.0. The van der Waals surface area contributed by atoms with Gasteiger partial charge in [-0.15, -0.1) is 0 Å². The molecular formula is C20H21N4O3S-. The van der Waals surface area contributed by atoms with E-state index in [9.17, 15) is 8.76 Å². The van der Waals surface area contributed by atoms with Gasteiger partial charge in [0.05, 0.1) is 30.4 Å². The van der Waals surface area contributed by atoms with E-state index in [0.717, 1.165) is 46.6 Å². The van der Waals surface area contributed by atoms with Crippen molar-refractivity contribution < 1.29 is 13.5 Å². The summed E-state index contributed by atoms with van der Waals surface area (Å²) in [6.07, 6.45) is 2.48. The van der Waals surface area contributed by atoms with Crippen molar-refractivity contribution in [2.75, 3.05) is 37.7 Å². The summed E-state index contributed by atoms with van der Waals surface area (Å²) in [4.78, 5) is 11.5. The zero-order valence-electron chi connectivity index (χ0n) is 15.3. The molecule has 8 heteroatoms. The highest BCUT2D eigenvalue weighted by Crippen LogP contribution is 2.25. The minimum Gasteiger partial charge on any atom is -0.760 e. The zero-order chi connectivity index (χ0) is 19.3. The standard InChI is InChI=1S/C20H22N4O3S/c25-28(26)22-8-7-15-1-3-16(4-2-15)17-5-6-18-19(13-17)23-20(14-21-18)24-9-11-27-12-10-24/h1-6,13-14,22H,7-12H2,(H,25,26)/p-1. The Labute approximate surface area is 166 Å². The van der Waals surface area contributed by atoms with Crippen molar-refractivity contribution >= 4 is 28.1 Å². The van der Waals surface area contributed by atoms with Gasteiger partial charge in [-0.25, -0.2) is 9.71 Å². The van der Waals surface area contributed by atoms with Crippen molar-refractivity contribution in [3.63, 3.8) is 0 Å². The molecule has 1 aromatic heterocycles. The summed E-state index contributed by atoms with van der Waals surface area (Å²) in [5.74, 6) is 0.881. The van der Waals surface area contributed by atoms with Gasteiger partial charge in [0.1, 0.15) is 5.82 Å². The highest BCUT2D eigenvalue weighted by molar-refractivity contribution is 7.77. The quantitative estimate of drug-likeness (QED) is 0.641. The monoisotopic (exact) mass is 397 g/mol. The van der Waals surface area contributed by atoms with E-state index < -0.39 is 11.3 Å². The predicted molar refractivity (Wildman–Crippen MR) is 109 cm³/mol. The molecule has 1 saturated heterocycles. The Balaban J connectivity index is 1.53. The molecule has 1 aliphatic rings. The van der Waals surface area contributed by atoms with Gasteiger partial charge in [0.25, 0.3) is 0 Å². The van der Waals surface area contributed by atoms with E-state index in [1.54, 1.807) is 0 Å². The van der Waals surface area contributed by atoms with Crippen LogP contribution in [-0.2, 0) is 22.4 Å². The number of hydrogen-bond donors (Lipinski definition) is 1. The highest BCUT2D eigenvalue weighted by Gasteiger charge is 2.13. The fourth-order valence-electron chi connectivity index (χ4n) is 3.27. The second-order valence-corrected chi connectivity index (χ2v) is 7.37. The van der Waals surface area contributed by atoms with Crippen LogP contribution in [0.2, 0.25) is 0 Å². The Hall–Kier alpha value is -2.39. The number of benzene rings is 2. The van der Waals surface area contributed by atoms with E-state index in [1.165, 1.54) is 0 Å². The van der Waals surface area contributed by atoms with Crippen LogP contribution in [0.3, 0.4) is 0 Å². The van der Waals surface area contributed by atoms with Gasteiger partial charge in [-0.05, 0) is 35.2 Å². The average molecular weight is 397 g/mol. The van der Waals surface area contributed by atoms with Crippen LogP contribution >= 0.6 is 0 Å². The molecular weight excluding hydrogens is 376 g/mol. The molecule has 3 aromatic rings. The minimum absolute atomic E-state index is 0.394. The highest BCUT2D eigenvalue weighted by atomic mass is 32.2. The maximum atomic E-state index is 10.5. The van der Waals surface area contributed by atoms with E-state index in [0.29, 0.717) is 26.2 Å². The molecule has 0 radical (unpaired) electrons. The number of rotatable bonds is 6. The molecule has 1 fully saturated rings. The number of nitrogens with one attached hydrogen (secondary N) is 1. The fourth-order valence-corrected chi connectivity index (χ4v) is 3.54. The first-order chi connectivity index (χ1) is 13.7. The Kier molecular flexibility index (Phi) is 5.92. The lowest BCUT2D eigenvalue weighted by Gasteiger charge is -2.27. The molecule has 1 unspecified atom stereocenters. The van der Waals surface area contributed by atoms with E-state index in [4.69, 9.17) is 9.72 Å². The maximum Gasteiger partial charge on any atom is 0.148 e. The van der Waals surface area contributed by atoms with Crippen molar-refractivity contribution in [2.45, 2.75) is 6.42 Å². The first-order valence-electron chi connectivity index (χ1n) is 9.21. The zero-order valence-corrected chi connectivity index (χ0v) is 16.2. The van der Waals surface area contributed by atoms with Crippen LogP contribution in [0.1, 0.15) is 5.56 Å². The van der Waals surface area contributed by atoms with Crippen LogP contribution in [0.15, 0.2) is 48.7 Å². The van der Waals surface area contributed by atoms with Gasteiger partial charge in [0, 0.05) is 30.9 Å². The first-order valence-corrected chi connectivity index (χ1v) is 10.3. The summed E-state index contributed by atoms with van der Waals surface area (Å²) in [6, 6.07) is 14.2. The average Bonchev–Trinajstić information content (AvgIpc) is 2.74. The van der Waals surface area contributed by atoms with E-state index in [1.807, 2.05) is 42.6 Å². The second-order valence-electron chi connectivity index (χ2n) is 6.61. The van der Waals surface area contributed by atoms with E-state index >= 15 is 0 Å². The number of hydrogen-bond acceptors (Lipinski definition) is 6. The number of anilines is 1. The minimum atomic E-state index is -2.21. The first kappa shape index (κ1) is 18.9. The summed E-state index contributed by atoms with van der Waals surface area (Å²) in [6.45, 7) is 3.48. The third-order valence-electron chi connectivity index (χ3n) is 4.79. The number of morpholine rings is 1. The van der Waals surface area contributed by atoms with Crippen molar-refractivity contribution in [3.05, 3.63) is 54.2 Å². The van der Waals surface area contributed by atoms with E-state index in [2.05, 4.69) is 20.7 Å². The molecule has 0 spiro atoms. The normalized spacial score (nSPS) is 15.7. The van der Waals surface area contributed by atoms with Crippen LogP contribution in [0.4, 0.5) is 5.82 Å². The van der Waals surface area contributed by atoms with Gasteiger partial charge >= 0.3 is 0 Å². The SMILES string of the molecule is O=S([O-])NCCc1ccc(-c2ccc3ncc(N4CCOCC4)nc3c2)cc1. The largest absolute Gasteiger partial charge is 0.760 e. The van der Waals surface area contributed by atoms with Crippen LogP contribution in [-0.4, -0.2) is 51.6 Å². The van der Waals surface area contributed by atoms with Crippen LogP contribution in [0.25, 0.3) is 22.2 Å². The number of nitrogens with zero attached hydrogens (tertiary/aromatic N) is 3. The molecule has 1 atom stereocenters. The number of ether oxygens (including phenoxy) is 1. The summed E-state index contributed by atoms with van der Waals surface area (Å²) >= 11 is -2.21. The molecule has 0 aliphatic carbocycles. The summed E-state index contributed by atoms with van der Waals surface area (Å²) in [7, 11) is 0. The third kappa shape index (κ3) is 4.53. The summed E-state index contributed by atoms with van der Waals surface area (Å²) < 4.78 is 28.8. The maximum absolute atomic E-state index is 10.5. The van der Waals surface area contributed by atoms with Gasteiger partial charge in [-0.3, -0.25) is 9.19 Å². The van der Waals surface area contributed by atoms with Crippen molar-refractivity contribution in [1.82, 2.24) is 14.7 Å². The van der Waals surface area contributed by atoms with Crippen LogP contribution < -0.4 is 9.62 Å². The lowest BCUT2D eigenvalue weighted by molar-refractivity contribution is 0.122. The van der Waals surface area contributed by atoms with Crippen molar-refractivity contribution in [2.24, 2.45) is 0 Å². The van der Waals surface area contributed by atoms with Crippen LogP contribution in [0.5, 0.6) is 0 Å². The summed E-state index contributed by atoms with van der Waals surface area (Å²) in [5, 5.41) is 0. The Morgan fingerprint density at radius 2 is 1.82 bits per heavy atom. The molecule has 4 rings (SSSR count). The van der Waals surface area contributed by atoms with Gasteiger partial charge in [0.2, 0.25) is 0 Å². The molecule has 0 saturated carbocycles. The second kappa shape index (κ2) is 8.74. The van der Waals surface area contributed by atoms with Crippen molar-refractivity contribution in [3.8, 4) is 11.1 Å². The predicted octanol–water partition coefficient (Wildman–Crippen LogP) is 2.06. The van der Waals surface area contributed by atoms with Gasteiger partial charge in [-0.1, -0.05) is 30.3 Å². The molecule has 146 valence electrons. The molecule has 28 heavy (non-hydrogen) atoms. The van der Waals surface area contributed by atoms with Gasteiger partial charge in [-0.2, -0.15) is 0 Å². The van der Waals surface area contributed by atoms with Crippen LogP contribution in [0, 0.1) is 0 Å². The molecule has 2 aromatic carbocycles. The summed E-state index contributed by atoms with van der Waals surface area (Å²) in [5.41, 5.74) is 4.98. The van der Waals surface area contributed by atoms with Gasteiger partial charge < -0.3 is 14.2 Å². The van der Waals surface area contributed by atoms with Crippen molar-refractivity contribution in [1.29, 1.82) is 0 Å². The number of fused-ring (bicyclic) bond motifs is 1. The molecule has 1 aliphatic heterocycles. The third-order valence-corrected chi connectivity index (χ3v) is 5.23. The molecule has 0 amide bonds. The van der Waals surface area contributed by atoms with E-state index in [-0.39, 0.29) is 0 Å². The molecule has 1 N–H and O–H groups in total. The Bertz CT molecular complexity index is 975. The molecule has 0 bridgehead atoms. The molecule has 2 heterocycles. The number of aromatic nitrogens is 2. The lowest BCUT2D eigenvalue weighted by Crippen LogP contribution is -2.36. The Morgan fingerprint density at radius 1 is 1.07 bits per heavy atom. The topological polar surface area (TPSA) is 90.4 Å².